The summed E-state index contributed by atoms with van der Waals surface area (Å²) in [5.74, 6) is 0.387. The van der Waals surface area contributed by atoms with Crippen LogP contribution < -0.4 is 4.72 Å². The molecule has 0 bridgehead atoms. The van der Waals surface area contributed by atoms with Crippen molar-refractivity contribution >= 4 is 21.4 Å². The van der Waals surface area contributed by atoms with Crippen LogP contribution in [-0.2, 0) is 16.4 Å². The van der Waals surface area contributed by atoms with Gasteiger partial charge in [-0.3, -0.25) is 0 Å². The zero-order valence-corrected chi connectivity index (χ0v) is 12.0. The molecule has 0 amide bonds. The SMILES string of the molecule is CCc1ccc(S(=O)(=O)NC(CO)c2ccco2)s1. The van der Waals surface area contributed by atoms with Gasteiger partial charge in [0.15, 0.2) is 0 Å². The number of thiophene rings is 1. The van der Waals surface area contributed by atoms with Crippen LogP contribution in [0.1, 0.15) is 23.6 Å². The van der Waals surface area contributed by atoms with Gasteiger partial charge in [-0.1, -0.05) is 6.92 Å². The molecule has 2 heterocycles. The lowest BCUT2D eigenvalue weighted by Crippen LogP contribution is -2.30. The molecule has 0 aliphatic rings. The summed E-state index contributed by atoms with van der Waals surface area (Å²) in [6, 6.07) is 5.86. The highest BCUT2D eigenvalue weighted by molar-refractivity contribution is 7.91. The summed E-state index contributed by atoms with van der Waals surface area (Å²) in [5.41, 5.74) is 0. The first kappa shape index (κ1) is 14.3. The minimum Gasteiger partial charge on any atom is -0.468 e. The Morgan fingerprint density at radius 3 is 2.74 bits per heavy atom. The van der Waals surface area contributed by atoms with Crippen LogP contribution in [-0.4, -0.2) is 20.1 Å². The van der Waals surface area contributed by atoms with Crippen LogP contribution in [0, 0.1) is 0 Å². The van der Waals surface area contributed by atoms with Crippen molar-refractivity contribution in [1.82, 2.24) is 4.72 Å². The standard InChI is InChI=1S/C12H15NO4S2/c1-2-9-5-6-12(18-9)19(15,16)13-10(8-14)11-4-3-7-17-11/h3-7,10,13-14H,2,8H2,1H3. The summed E-state index contributed by atoms with van der Waals surface area (Å²) in [4.78, 5) is 0.999. The summed E-state index contributed by atoms with van der Waals surface area (Å²) < 4.78 is 32.1. The lowest BCUT2D eigenvalue weighted by Gasteiger charge is -2.13. The Morgan fingerprint density at radius 2 is 2.21 bits per heavy atom. The maximum atomic E-state index is 12.2. The van der Waals surface area contributed by atoms with E-state index >= 15 is 0 Å². The Morgan fingerprint density at radius 1 is 1.42 bits per heavy atom. The molecular formula is C12H15NO4S2. The molecule has 0 radical (unpaired) electrons. The molecule has 2 aromatic rings. The Kier molecular flexibility index (Phi) is 4.41. The topological polar surface area (TPSA) is 79.5 Å². The number of rotatable bonds is 6. The van der Waals surface area contributed by atoms with Gasteiger partial charge in [0.2, 0.25) is 0 Å². The molecule has 2 N–H and O–H groups in total. The highest BCUT2D eigenvalue weighted by atomic mass is 32.2. The molecule has 0 fully saturated rings. The molecule has 7 heteroatoms. The zero-order valence-electron chi connectivity index (χ0n) is 10.4. The summed E-state index contributed by atoms with van der Waals surface area (Å²) in [5, 5.41) is 9.28. The number of hydrogen-bond acceptors (Lipinski definition) is 5. The summed E-state index contributed by atoms with van der Waals surface area (Å²) >= 11 is 1.23. The van der Waals surface area contributed by atoms with Gasteiger partial charge < -0.3 is 9.52 Å². The zero-order chi connectivity index (χ0) is 13.9. The van der Waals surface area contributed by atoms with Gasteiger partial charge in [0.1, 0.15) is 16.0 Å². The van der Waals surface area contributed by atoms with E-state index in [0.717, 1.165) is 11.3 Å². The quantitative estimate of drug-likeness (QED) is 0.854. The summed E-state index contributed by atoms with van der Waals surface area (Å²) in [6.45, 7) is 1.60. The molecule has 0 aliphatic heterocycles. The van der Waals surface area contributed by atoms with E-state index in [9.17, 15) is 13.5 Å². The van der Waals surface area contributed by atoms with Crippen LogP contribution in [0.15, 0.2) is 39.2 Å². The summed E-state index contributed by atoms with van der Waals surface area (Å²) in [7, 11) is -3.64. The molecule has 0 aliphatic carbocycles. The fourth-order valence-corrected chi connectivity index (χ4v) is 4.12. The van der Waals surface area contributed by atoms with Crippen LogP contribution in [0.5, 0.6) is 0 Å². The highest BCUT2D eigenvalue weighted by Gasteiger charge is 2.23. The van der Waals surface area contributed by atoms with Gasteiger partial charge in [-0.05, 0) is 30.7 Å². The fraction of sp³-hybridized carbons (Fsp3) is 0.333. The Labute approximate surface area is 115 Å². The Hall–Kier alpha value is -1.15. The average molecular weight is 301 g/mol. The van der Waals surface area contributed by atoms with Crippen LogP contribution >= 0.6 is 11.3 Å². The van der Waals surface area contributed by atoms with Crippen molar-refractivity contribution in [3.05, 3.63) is 41.2 Å². The largest absolute Gasteiger partial charge is 0.468 e. The van der Waals surface area contributed by atoms with Crippen molar-refractivity contribution in [2.75, 3.05) is 6.61 Å². The second-order valence-electron chi connectivity index (χ2n) is 3.95. The number of aryl methyl sites for hydroxylation is 1. The first-order valence-corrected chi connectivity index (χ1v) is 8.12. The van der Waals surface area contributed by atoms with Gasteiger partial charge in [0, 0.05) is 4.88 Å². The molecule has 0 saturated heterocycles. The van der Waals surface area contributed by atoms with Crippen molar-refractivity contribution in [2.24, 2.45) is 0 Å². The third-order valence-electron chi connectivity index (χ3n) is 2.62. The van der Waals surface area contributed by atoms with Gasteiger partial charge in [0.05, 0.1) is 12.9 Å². The van der Waals surface area contributed by atoms with E-state index in [0.29, 0.717) is 5.76 Å². The molecule has 2 aromatic heterocycles. The van der Waals surface area contributed by atoms with Crippen molar-refractivity contribution in [1.29, 1.82) is 0 Å². The van der Waals surface area contributed by atoms with Crippen LogP contribution in [0.4, 0.5) is 0 Å². The molecule has 2 rings (SSSR count). The van der Waals surface area contributed by atoms with E-state index in [2.05, 4.69) is 4.72 Å². The van der Waals surface area contributed by atoms with Gasteiger partial charge in [-0.25, -0.2) is 8.42 Å². The van der Waals surface area contributed by atoms with Crippen LogP contribution in [0.3, 0.4) is 0 Å². The van der Waals surface area contributed by atoms with Crippen LogP contribution in [0.2, 0.25) is 0 Å². The monoisotopic (exact) mass is 301 g/mol. The van der Waals surface area contributed by atoms with E-state index in [4.69, 9.17) is 4.42 Å². The van der Waals surface area contributed by atoms with Gasteiger partial charge in [-0.15, -0.1) is 11.3 Å². The smallest absolute Gasteiger partial charge is 0.250 e. The van der Waals surface area contributed by atoms with E-state index in [1.54, 1.807) is 24.3 Å². The van der Waals surface area contributed by atoms with Crippen molar-refractivity contribution in [2.45, 2.75) is 23.6 Å². The maximum Gasteiger partial charge on any atom is 0.250 e. The number of furan rings is 1. The third-order valence-corrected chi connectivity index (χ3v) is 5.81. The molecular weight excluding hydrogens is 286 g/mol. The maximum absolute atomic E-state index is 12.2. The van der Waals surface area contributed by atoms with Crippen molar-refractivity contribution < 1.29 is 17.9 Å². The van der Waals surface area contributed by atoms with E-state index in [1.807, 2.05) is 6.92 Å². The van der Waals surface area contributed by atoms with Crippen LogP contribution in [0.25, 0.3) is 0 Å². The molecule has 0 saturated carbocycles. The normalized spacial score (nSPS) is 13.6. The van der Waals surface area contributed by atoms with E-state index in [1.165, 1.54) is 17.6 Å². The molecule has 1 unspecified atom stereocenters. The second-order valence-corrected chi connectivity index (χ2v) is 7.06. The van der Waals surface area contributed by atoms with E-state index < -0.39 is 16.1 Å². The second kappa shape index (κ2) is 5.87. The lowest BCUT2D eigenvalue weighted by molar-refractivity contribution is 0.242. The molecule has 19 heavy (non-hydrogen) atoms. The van der Waals surface area contributed by atoms with Gasteiger partial charge in [0.25, 0.3) is 10.0 Å². The summed E-state index contributed by atoms with van der Waals surface area (Å²) in [6.07, 6.45) is 2.23. The van der Waals surface area contributed by atoms with Crippen molar-refractivity contribution in [3.8, 4) is 0 Å². The highest BCUT2D eigenvalue weighted by Crippen LogP contribution is 2.24. The minimum atomic E-state index is -3.64. The number of aliphatic hydroxyl groups excluding tert-OH is 1. The molecule has 1 atom stereocenters. The Bertz CT molecular complexity index is 616. The molecule has 0 spiro atoms. The predicted molar refractivity (Wildman–Crippen MR) is 72.6 cm³/mol. The predicted octanol–water partition coefficient (Wildman–Crippen LogP) is 1.92. The first-order valence-electron chi connectivity index (χ1n) is 5.82. The Balaban J connectivity index is 2.20. The average Bonchev–Trinajstić information content (AvgIpc) is 3.06. The molecule has 104 valence electrons. The number of sulfonamides is 1. The van der Waals surface area contributed by atoms with Gasteiger partial charge >= 0.3 is 0 Å². The molecule has 0 aromatic carbocycles. The fourth-order valence-electron chi connectivity index (χ4n) is 1.61. The first-order chi connectivity index (χ1) is 9.06. The van der Waals surface area contributed by atoms with Crippen molar-refractivity contribution in [3.63, 3.8) is 0 Å². The van der Waals surface area contributed by atoms with E-state index in [-0.39, 0.29) is 10.8 Å². The van der Waals surface area contributed by atoms with Gasteiger partial charge in [-0.2, -0.15) is 4.72 Å². The number of hydrogen-bond donors (Lipinski definition) is 2. The lowest BCUT2D eigenvalue weighted by atomic mass is 10.2. The number of nitrogens with one attached hydrogen (secondary N) is 1. The third kappa shape index (κ3) is 3.24. The molecule has 5 nitrogen and oxygen atoms in total. The number of aliphatic hydroxyl groups is 1. The minimum absolute atomic E-state index is 0.245.